The van der Waals surface area contributed by atoms with Gasteiger partial charge in [0.1, 0.15) is 6.29 Å². The monoisotopic (exact) mass is 326 g/mol. The standard InChI is InChI=1S/C18H18N2O4/c21-13-18(17(22)19-10-4-5-11-19)9-8-15(12-16(18)20(23)24)14-6-2-1-3-7-14/h1-3,6-9,12-13,16H,4-5,10-11H2. The third-order valence-electron chi connectivity index (χ3n) is 4.66. The van der Waals surface area contributed by atoms with E-state index in [1.54, 1.807) is 11.0 Å². The van der Waals surface area contributed by atoms with Crippen LogP contribution in [0.1, 0.15) is 18.4 Å². The van der Waals surface area contributed by atoms with Gasteiger partial charge in [0.25, 0.3) is 6.04 Å². The smallest absolute Gasteiger partial charge is 0.256 e. The molecule has 24 heavy (non-hydrogen) atoms. The van der Waals surface area contributed by atoms with Gasteiger partial charge in [-0.3, -0.25) is 14.9 Å². The summed E-state index contributed by atoms with van der Waals surface area (Å²) in [5.41, 5.74) is -0.302. The van der Waals surface area contributed by atoms with Gasteiger partial charge in [-0.2, -0.15) is 0 Å². The molecule has 1 aromatic rings. The SMILES string of the molecule is O=CC1(C(=O)N2CCCC2)C=CC(c2ccccc2)=CC1[N+](=O)[O-]. The molecular formula is C18H18N2O4. The Bertz CT molecular complexity index is 720. The predicted octanol–water partition coefficient (Wildman–Crippen LogP) is 2.09. The molecule has 1 amide bonds. The highest BCUT2D eigenvalue weighted by molar-refractivity contribution is 6.02. The first-order valence-corrected chi connectivity index (χ1v) is 7.94. The van der Waals surface area contributed by atoms with Crippen LogP contribution in [-0.2, 0) is 9.59 Å². The molecule has 0 bridgehead atoms. The lowest BCUT2D eigenvalue weighted by Gasteiger charge is -2.31. The molecule has 0 N–H and O–H groups in total. The average Bonchev–Trinajstić information content (AvgIpc) is 3.15. The minimum absolute atomic E-state index is 0.426. The van der Waals surface area contributed by atoms with E-state index in [0.29, 0.717) is 24.9 Å². The number of hydrogen-bond donors (Lipinski definition) is 0. The van der Waals surface area contributed by atoms with Gasteiger partial charge in [-0.05, 0) is 30.1 Å². The summed E-state index contributed by atoms with van der Waals surface area (Å²) >= 11 is 0. The van der Waals surface area contributed by atoms with Gasteiger partial charge in [0.2, 0.25) is 5.91 Å². The Morgan fingerprint density at radius 3 is 2.50 bits per heavy atom. The lowest BCUT2D eigenvalue weighted by atomic mass is 9.75. The number of nitrogens with zero attached hydrogens (tertiary/aromatic N) is 2. The molecule has 3 rings (SSSR count). The van der Waals surface area contributed by atoms with Crippen LogP contribution in [0.2, 0.25) is 0 Å². The number of nitro groups is 1. The minimum Gasteiger partial charge on any atom is -0.341 e. The molecule has 1 saturated heterocycles. The van der Waals surface area contributed by atoms with Crippen molar-refractivity contribution in [2.45, 2.75) is 18.9 Å². The Hall–Kier alpha value is -2.76. The van der Waals surface area contributed by atoms with Crippen LogP contribution < -0.4 is 0 Å². The van der Waals surface area contributed by atoms with Crippen LogP contribution >= 0.6 is 0 Å². The quantitative estimate of drug-likeness (QED) is 0.367. The fourth-order valence-corrected chi connectivity index (χ4v) is 3.30. The van der Waals surface area contributed by atoms with Crippen LogP contribution in [0.5, 0.6) is 0 Å². The summed E-state index contributed by atoms with van der Waals surface area (Å²) in [5, 5.41) is 11.6. The van der Waals surface area contributed by atoms with E-state index in [2.05, 4.69) is 0 Å². The minimum atomic E-state index is -1.76. The maximum atomic E-state index is 12.8. The zero-order chi connectivity index (χ0) is 17.2. The van der Waals surface area contributed by atoms with Crippen LogP contribution in [0.25, 0.3) is 5.57 Å². The Morgan fingerprint density at radius 1 is 1.25 bits per heavy atom. The molecule has 0 spiro atoms. The molecular weight excluding hydrogens is 308 g/mol. The summed E-state index contributed by atoms with van der Waals surface area (Å²) in [5.74, 6) is -0.476. The van der Waals surface area contributed by atoms with Crippen molar-refractivity contribution in [2.24, 2.45) is 5.41 Å². The summed E-state index contributed by atoms with van der Waals surface area (Å²) in [7, 11) is 0. The van der Waals surface area contributed by atoms with Crippen LogP contribution in [-0.4, -0.2) is 41.1 Å². The zero-order valence-corrected chi connectivity index (χ0v) is 13.1. The summed E-state index contributed by atoms with van der Waals surface area (Å²) < 4.78 is 0. The molecule has 1 aliphatic heterocycles. The highest BCUT2D eigenvalue weighted by atomic mass is 16.6. The van der Waals surface area contributed by atoms with E-state index in [1.165, 1.54) is 12.2 Å². The first kappa shape index (κ1) is 16.1. The van der Waals surface area contributed by atoms with Crippen molar-refractivity contribution in [1.82, 2.24) is 4.90 Å². The number of allylic oxidation sites excluding steroid dienone is 2. The molecule has 6 nitrogen and oxygen atoms in total. The first-order valence-electron chi connectivity index (χ1n) is 7.94. The molecule has 0 saturated carbocycles. The third kappa shape index (κ3) is 2.64. The van der Waals surface area contributed by atoms with Crippen LogP contribution in [0.3, 0.4) is 0 Å². The fraction of sp³-hybridized carbons (Fsp3) is 0.333. The molecule has 2 unspecified atom stereocenters. The normalized spacial score (nSPS) is 26.1. The Kier molecular flexibility index (Phi) is 4.29. The maximum Gasteiger partial charge on any atom is 0.256 e. The number of rotatable bonds is 4. The summed E-state index contributed by atoms with van der Waals surface area (Å²) in [4.78, 5) is 37.3. The van der Waals surface area contributed by atoms with Gasteiger partial charge in [-0.15, -0.1) is 0 Å². The molecule has 2 atom stereocenters. The van der Waals surface area contributed by atoms with E-state index in [1.807, 2.05) is 30.3 Å². The lowest BCUT2D eigenvalue weighted by molar-refractivity contribution is -0.518. The van der Waals surface area contributed by atoms with E-state index in [4.69, 9.17) is 0 Å². The molecule has 6 heteroatoms. The van der Waals surface area contributed by atoms with Gasteiger partial charge in [-0.25, -0.2) is 0 Å². The van der Waals surface area contributed by atoms with Crippen LogP contribution in [0.4, 0.5) is 0 Å². The van der Waals surface area contributed by atoms with Crippen molar-refractivity contribution >= 4 is 17.8 Å². The Labute approximate surface area is 139 Å². The molecule has 1 aromatic carbocycles. The highest BCUT2D eigenvalue weighted by Gasteiger charge is 2.53. The average molecular weight is 326 g/mol. The molecule has 1 aliphatic carbocycles. The predicted molar refractivity (Wildman–Crippen MR) is 88.7 cm³/mol. The first-order chi connectivity index (χ1) is 11.6. The van der Waals surface area contributed by atoms with Gasteiger partial charge < -0.3 is 9.69 Å². The van der Waals surface area contributed by atoms with E-state index >= 15 is 0 Å². The summed E-state index contributed by atoms with van der Waals surface area (Å²) in [6.45, 7) is 1.09. The number of aldehydes is 1. The van der Waals surface area contributed by atoms with Crippen LogP contribution in [0, 0.1) is 15.5 Å². The lowest BCUT2D eigenvalue weighted by Crippen LogP contribution is -2.52. The molecule has 0 aromatic heterocycles. The largest absolute Gasteiger partial charge is 0.341 e. The van der Waals surface area contributed by atoms with Gasteiger partial charge in [0.15, 0.2) is 5.41 Å². The third-order valence-corrected chi connectivity index (χ3v) is 4.66. The van der Waals surface area contributed by atoms with Crippen LogP contribution in [0.15, 0.2) is 48.6 Å². The molecule has 0 radical (unpaired) electrons. The van der Waals surface area contributed by atoms with E-state index < -0.39 is 22.3 Å². The number of likely N-dealkylation sites (tertiary alicyclic amines) is 1. The van der Waals surface area contributed by atoms with Crippen molar-refractivity contribution in [3.05, 3.63) is 64.2 Å². The van der Waals surface area contributed by atoms with E-state index in [9.17, 15) is 19.7 Å². The molecule has 1 heterocycles. The summed E-state index contributed by atoms with van der Waals surface area (Å²) in [6.07, 6.45) is 6.60. The van der Waals surface area contributed by atoms with E-state index in [0.717, 1.165) is 18.4 Å². The second kappa shape index (κ2) is 6.39. The van der Waals surface area contributed by atoms with Crippen molar-refractivity contribution in [3.63, 3.8) is 0 Å². The number of benzene rings is 1. The van der Waals surface area contributed by atoms with Crippen molar-refractivity contribution in [1.29, 1.82) is 0 Å². The van der Waals surface area contributed by atoms with Gasteiger partial charge >= 0.3 is 0 Å². The zero-order valence-electron chi connectivity index (χ0n) is 13.1. The molecule has 124 valence electrons. The Morgan fingerprint density at radius 2 is 1.92 bits per heavy atom. The number of amides is 1. The van der Waals surface area contributed by atoms with E-state index in [-0.39, 0.29) is 0 Å². The summed E-state index contributed by atoms with van der Waals surface area (Å²) in [6, 6.07) is 7.80. The van der Waals surface area contributed by atoms with Crippen molar-refractivity contribution < 1.29 is 14.5 Å². The number of carbonyl (C=O) groups is 2. The Balaban J connectivity index is 2.00. The fourth-order valence-electron chi connectivity index (χ4n) is 3.30. The van der Waals surface area contributed by atoms with Gasteiger partial charge in [0.05, 0.1) is 0 Å². The second-order valence-electron chi connectivity index (χ2n) is 6.10. The van der Waals surface area contributed by atoms with Crippen molar-refractivity contribution in [2.75, 3.05) is 13.1 Å². The van der Waals surface area contributed by atoms with Crippen molar-refractivity contribution in [3.8, 4) is 0 Å². The van der Waals surface area contributed by atoms with Gasteiger partial charge in [0, 0.05) is 18.0 Å². The topological polar surface area (TPSA) is 80.5 Å². The highest BCUT2D eigenvalue weighted by Crippen LogP contribution is 2.36. The molecule has 2 aliphatic rings. The van der Waals surface area contributed by atoms with Gasteiger partial charge in [-0.1, -0.05) is 42.5 Å². The second-order valence-corrected chi connectivity index (χ2v) is 6.10. The number of hydrogen-bond acceptors (Lipinski definition) is 4. The maximum absolute atomic E-state index is 12.8. The molecule has 1 fully saturated rings. The number of carbonyl (C=O) groups excluding carboxylic acids is 2.